The van der Waals surface area contributed by atoms with Crippen LogP contribution in [0.15, 0.2) is 28.6 Å². The average Bonchev–Trinajstić information content (AvgIpc) is 3.34. The van der Waals surface area contributed by atoms with Crippen molar-refractivity contribution in [2.45, 2.75) is 25.7 Å². The second-order valence-corrected chi connectivity index (χ2v) is 7.31. The number of benzene rings is 1. The summed E-state index contributed by atoms with van der Waals surface area (Å²) in [5, 5.41) is 9.58. The molecule has 1 aromatic carbocycles. The standard InChI is InChI=1S/C19H25F2N5S/c1-22-18(23-8-6-14-12-15(20)4-5-17(14)21)24-9-7-16-13-27-19(25-16)26-10-2-3-11-26/h4-5,12-13H,2-3,6-11H2,1H3,(H2,22,23,24). The molecule has 27 heavy (non-hydrogen) atoms. The number of nitrogens with one attached hydrogen (secondary N) is 2. The highest BCUT2D eigenvalue weighted by molar-refractivity contribution is 7.13. The fourth-order valence-corrected chi connectivity index (χ4v) is 3.96. The van der Waals surface area contributed by atoms with Gasteiger partial charge in [0.05, 0.1) is 5.69 Å². The van der Waals surface area contributed by atoms with Crippen LogP contribution < -0.4 is 15.5 Å². The summed E-state index contributed by atoms with van der Waals surface area (Å²) in [7, 11) is 1.69. The van der Waals surface area contributed by atoms with Crippen LogP contribution in [0, 0.1) is 11.6 Å². The highest BCUT2D eigenvalue weighted by Crippen LogP contribution is 2.24. The first-order valence-electron chi connectivity index (χ1n) is 9.23. The smallest absolute Gasteiger partial charge is 0.190 e. The van der Waals surface area contributed by atoms with Gasteiger partial charge in [-0.25, -0.2) is 13.8 Å². The van der Waals surface area contributed by atoms with Gasteiger partial charge in [-0.1, -0.05) is 0 Å². The van der Waals surface area contributed by atoms with Gasteiger partial charge in [-0.2, -0.15) is 0 Å². The van der Waals surface area contributed by atoms with E-state index in [1.807, 2.05) is 0 Å². The zero-order chi connectivity index (χ0) is 19.1. The number of rotatable bonds is 7. The van der Waals surface area contributed by atoms with Crippen molar-refractivity contribution < 1.29 is 8.78 Å². The van der Waals surface area contributed by atoms with E-state index in [4.69, 9.17) is 4.98 Å². The lowest BCUT2D eigenvalue weighted by Gasteiger charge is -2.13. The predicted molar refractivity (Wildman–Crippen MR) is 107 cm³/mol. The van der Waals surface area contributed by atoms with Gasteiger partial charge < -0.3 is 15.5 Å². The van der Waals surface area contributed by atoms with Gasteiger partial charge in [0, 0.05) is 45.0 Å². The number of anilines is 1. The van der Waals surface area contributed by atoms with Gasteiger partial charge >= 0.3 is 0 Å². The minimum Gasteiger partial charge on any atom is -0.356 e. The maximum Gasteiger partial charge on any atom is 0.190 e. The zero-order valence-corrected chi connectivity index (χ0v) is 16.3. The average molecular weight is 394 g/mol. The first-order valence-corrected chi connectivity index (χ1v) is 10.1. The van der Waals surface area contributed by atoms with Crippen molar-refractivity contribution in [2.75, 3.05) is 38.1 Å². The second-order valence-electron chi connectivity index (χ2n) is 6.48. The van der Waals surface area contributed by atoms with Crippen LogP contribution in [0.3, 0.4) is 0 Å². The number of guanidine groups is 1. The van der Waals surface area contributed by atoms with Crippen LogP contribution >= 0.6 is 11.3 Å². The lowest BCUT2D eigenvalue weighted by atomic mass is 10.1. The minimum atomic E-state index is -0.425. The summed E-state index contributed by atoms with van der Waals surface area (Å²) in [5.41, 5.74) is 1.43. The molecule has 2 N–H and O–H groups in total. The van der Waals surface area contributed by atoms with Gasteiger partial charge in [0.2, 0.25) is 0 Å². The van der Waals surface area contributed by atoms with E-state index in [9.17, 15) is 8.78 Å². The Labute approximate surface area is 162 Å². The summed E-state index contributed by atoms with van der Waals surface area (Å²) in [6, 6.07) is 3.51. The zero-order valence-electron chi connectivity index (χ0n) is 15.5. The molecule has 0 unspecified atom stereocenters. The molecule has 1 aromatic heterocycles. The Morgan fingerprint density at radius 3 is 2.67 bits per heavy atom. The molecule has 2 heterocycles. The molecule has 1 saturated heterocycles. The van der Waals surface area contributed by atoms with Crippen LogP contribution in [0.2, 0.25) is 0 Å². The summed E-state index contributed by atoms with van der Waals surface area (Å²) in [4.78, 5) is 11.2. The van der Waals surface area contributed by atoms with E-state index in [0.29, 0.717) is 31.0 Å². The number of thiazole rings is 1. The van der Waals surface area contributed by atoms with Gasteiger partial charge in [0.15, 0.2) is 11.1 Å². The summed E-state index contributed by atoms with van der Waals surface area (Å²) in [6.45, 7) is 3.38. The summed E-state index contributed by atoms with van der Waals surface area (Å²) < 4.78 is 26.8. The van der Waals surface area contributed by atoms with Crippen LogP contribution in [0.5, 0.6) is 0 Å². The Kier molecular flexibility index (Phi) is 6.98. The third-order valence-corrected chi connectivity index (χ3v) is 5.46. The Bertz CT molecular complexity index is 771. The Balaban J connectivity index is 1.39. The molecule has 1 fully saturated rings. The van der Waals surface area contributed by atoms with E-state index in [1.54, 1.807) is 18.4 Å². The number of hydrogen-bond acceptors (Lipinski definition) is 4. The molecule has 1 aliphatic rings. The largest absolute Gasteiger partial charge is 0.356 e. The first kappa shape index (κ1) is 19.5. The number of halogens is 2. The van der Waals surface area contributed by atoms with Crippen molar-refractivity contribution >= 4 is 22.4 Å². The molecular formula is C19H25F2N5S. The van der Waals surface area contributed by atoms with Crippen molar-refractivity contribution in [3.63, 3.8) is 0 Å². The highest BCUT2D eigenvalue weighted by atomic mass is 32.1. The fraction of sp³-hybridized carbons (Fsp3) is 0.474. The van der Waals surface area contributed by atoms with Gasteiger partial charge in [-0.15, -0.1) is 11.3 Å². The quantitative estimate of drug-likeness (QED) is 0.561. The van der Waals surface area contributed by atoms with Gasteiger partial charge in [-0.05, 0) is 43.0 Å². The molecule has 2 aromatic rings. The van der Waals surface area contributed by atoms with Crippen LogP contribution in [-0.4, -0.2) is 44.2 Å². The van der Waals surface area contributed by atoms with Crippen molar-refractivity contribution in [1.29, 1.82) is 0 Å². The van der Waals surface area contributed by atoms with E-state index in [2.05, 4.69) is 25.9 Å². The monoisotopic (exact) mass is 393 g/mol. The topological polar surface area (TPSA) is 52.6 Å². The normalized spacial score (nSPS) is 14.6. The Hall–Kier alpha value is -2.22. The third kappa shape index (κ3) is 5.63. The van der Waals surface area contributed by atoms with E-state index in [0.717, 1.165) is 42.5 Å². The van der Waals surface area contributed by atoms with Crippen molar-refractivity contribution in [3.05, 3.63) is 46.5 Å². The molecule has 0 bridgehead atoms. The van der Waals surface area contributed by atoms with E-state index < -0.39 is 11.6 Å². The third-order valence-electron chi connectivity index (χ3n) is 4.51. The van der Waals surface area contributed by atoms with Crippen molar-refractivity contribution in [1.82, 2.24) is 15.6 Å². The van der Waals surface area contributed by atoms with Gasteiger partial charge in [0.25, 0.3) is 0 Å². The van der Waals surface area contributed by atoms with E-state index >= 15 is 0 Å². The van der Waals surface area contributed by atoms with Crippen LogP contribution in [0.1, 0.15) is 24.1 Å². The van der Waals surface area contributed by atoms with E-state index in [-0.39, 0.29) is 0 Å². The molecule has 0 amide bonds. The lowest BCUT2D eigenvalue weighted by molar-refractivity contribution is 0.583. The number of nitrogens with zero attached hydrogens (tertiary/aromatic N) is 3. The Morgan fingerprint density at radius 1 is 1.19 bits per heavy atom. The summed E-state index contributed by atoms with van der Waals surface area (Å²) in [6.07, 6.45) is 3.69. The molecule has 3 rings (SSSR count). The number of hydrogen-bond donors (Lipinski definition) is 2. The molecule has 5 nitrogen and oxygen atoms in total. The summed E-state index contributed by atoms with van der Waals surface area (Å²) >= 11 is 1.70. The molecule has 0 radical (unpaired) electrons. The molecule has 0 saturated carbocycles. The molecular weight excluding hydrogens is 368 g/mol. The van der Waals surface area contributed by atoms with Crippen LogP contribution in [0.4, 0.5) is 13.9 Å². The number of aliphatic imine (C=N–C) groups is 1. The molecule has 0 spiro atoms. The van der Waals surface area contributed by atoms with Crippen LogP contribution in [0.25, 0.3) is 0 Å². The first-order chi connectivity index (χ1) is 13.2. The minimum absolute atomic E-state index is 0.356. The molecule has 8 heteroatoms. The fourth-order valence-electron chi connectivity index (χ4n) is 3.04. The molecule has 146 valence electrons. The van der Waals surface area contributed by atoms with Gasteiger partial charge in [0.1, 0.15) is 11.6 Å². The lowest BCUT2D eigenvalue weighted by Crippen LogP contribution is -2.39. The Morgan fingerprint density at radius 2 is 1.93 bits per heavy atom. The van der Waals surface area contributed by atoms with E-state index in [1.165, 1.54) is 18.9 Å². The molecule has 1 aliphatic heterocycles. The highest BCUT2D eigenvalue weighted by Gasteiger charge is 2.15. The number of aromatic nitrogens is 1. The predicted octanol–water partition coefficient (Wildman–Crippen LogP) is 2.97. The maximum atomic E-state index is 13.6. The summed E-state index contributed by atoms with van der Waals surface area (Å²) in [5.74, 6) is -0.175. The maximum absolute atomic E-state index is 13.6. The van der Waals surface area contributed by atoms with Crippen molar-refractivity contribution in [3.8, 4) is 0 Å². The molecule has 0 aliphatic carbocycles. The molecule has 0 atom stereocenters. The second kappa shape index (κ2) is 9.64. The van der Waals surface area contributed by atoms with Crippen molar-refractivity contribution in [2.24, 2.45) is 4.99 Å². The van der Waals surface area contributed by atoms with Crippen LogP contribution in [-0.2, 0) is 12.8 Å². The van der Waals surface area contributed by atoms with Gasteiger partial charge in [-0.3, -0.25) is 4.99 Å². The SMILES string of the molecule is CN=C(NCCc1csc(N2CCCC2)n1)NCCc1cc(F)ccc1F.